The molecule has 98 valence electrons. The Hall–Kier alpha value is -1.75. The van der Waals surface area contributed by atoms with Crippen LogP contribution in [0.25, 0.3) is 0 Å². The molecule has 0 atom stereocenters. The molecule has 0 heterocycles. The molecule has 0 aromatic heterocycles. The highest BCUT2D eigenvalue weighted by Crippen LogP contribution is 2.41. The van der Waals surface area contributed by atoms with E-state index in [2.05, 4.69) is 0 Å². The first-order valence-electron chi connectivity index (χ1n) is 6.03. The molecule has 0 radical (unpaired) electrons. The van der Waals surface area contributed by atoms with Crippen molar-refractivity contribution in [3.05, 3.63) is 23.3 Å². The summed E-state index contributed by atoms with van der Waals surface area (Å²) < 4.78 is 0. The van der Waals surface area contributed by atoms with Crippen molar-refractivity contribution in [3.63, 3.8) is 0 Å². The summed E-state index contributed by atoms with van der Waals surface area (Å²) in [5, 5.41) is 28.3. The number of aromatic carboxylic acids is 1. The largest absolute Gasteiger partial charge is 0.507 e. The number of phenolic OH excluding ortho intramolecular Hbond substituents is 1. The number of nitrogens with two attached hydrogens (primary N) is 1. The Labute approximate surface area is 105 Å². The van der Waals surface area contributed by atoms with Crippen LogP contribution in [0.4, 0.5) is 0 Å². The minimum Gasteiger partial charge on any atom is -0.507 e. The van der Waals surface area contributed by atoms with Crippen LogP contribution in [-0.2, 0) is 5.54 Å². The molecule has 0 bridgehead atoms. The van der Waals surface area contributed by atoms with Gasteiger partial charge in [-0.2, -0.15) is 0 Å². The van der Waals surface area contributed by atoms with Crippen molar-refractivity contribution in [2.75, 3.05) is 0 Å². The third kappa shape index (κ3) is 2.13. The van der Waals surface area contributed by atoms with Gasteiger partial charge in [-0.25, -0.2) is 4.79 Å². The fourth-order valence-electron chi connectivity index (χ4n) is 2.60. The van der Waals surface area contributed by atoms with Crippen LogP contribution in [0.2, 0.25) is 0 Å². The van der Waals surface area contributed by atoms with Crippen molar-refractivity contribution < 1.29 is 20.1 Å². The van der Waals surface area contributed by atoms with Crippen molar-refractivity contribution in [1.29, 1.82) is 0 Å². The molecule has 1 saturated carbocycles. The number of hydrogen-bond acceptors (Lipinski definition) is 4. The maximum atomic E-state index is 11.0. The first kappa shape index (κ1) is 12.7. The van der Waals surface area contributed by atoms with Crippen LogP contribution in [0.3, 0.4) is 0 Å². The summed E-state index contributed by atoms with van der Waals surface area (Å²) in [7, 11) is 0. The van der Waals surface area contributed by atoms with Gasteiger partial charge in [0.2, 0.25) is 0 Å². The second kappa shape index (κ2) is 4.49. The first-order chi connectivity index (χ1) is 8.44. The number of carboxylic acid groups (broad SMARTS) is 1. The average molecular weight is 251 g/mol. The average Bonchev–Trinajstić information content (AvgIpc) is 2.29. The Morgan fingerprint density at radius 2 is 1.72 bits per heavy atom. The number of hydrogen-bond donors (Lipinski definition) is 4. The predicted octanol–water partition coefficient (Wildman–Crippen LogP) is 1.91. The fourth-order valence-corrected chi connectivity index (χ4v) is 2.60. The fraction of sp³-hybridized carbons (Fsp3) is 0.462. The van der Waals surface area contributed by atoms with Crippen LogP contribution in [0.15, 0.2) is 12.1 Å². The zero-order valence-electron chi connectivity index (χ0n) is 10.0. The van der Waals surface area contributed by atoms with E-state index >= 15 is 0 Å². The summed E-state index contributed by atoms with van der Waals surface area (Å²) in [6.45, 7) is 0. The molecule has 0 amide bonds. The highest BCUT2D eigenvalue weighted by molar-refractivity contribution is 5.91. The molecule has 0 spiro atoms. The number of rotatable bonds is 2. The maximum Gasteiger partial charge on any atom is 0.339 e. The predicted molar refractivity (Wildman–Crippen MR) is 65.7 cm³/mol. The molecule has 0 saturated heterocycles. The van der Waals surface area contributed by atoms with Crippen molar-refractivity contribution in [2.24, 2.45) is 5.73 Å². The van der Waals surface area contributed by atoms with E-state index in [0.717, 1.165) is 25.3 Å². The molecule has 5 heteroatoms. The summed E-state index contributed by atoms with van der Waals surface area (Å²) in [5.74, 6) is -1.81. The van der Waals surface area contributed by atoms with E-state index in [4.69, 9.17) is 10.8 Å². The zero-order chi connectivity index (χ0) is 13.3. The van der Waals surface area contributed by atoms with Gasteiger partial charge in [0, 0.05) is 17.2 Å². The van der Waals surface area contributed by atoms with E-state index in [-0.39, 0.29) is 11.3 Å². The molecule has 1 aliphatic rings. The Bertz CT molecular complexity index is 478. The van der Waals surface area contributed by atoms with Gasteiger partial charge in [0.25, 0.3) is 0 Å². The van der Waals surface area contributed by atoms with Gasteiger partial charge >= 0.3 is 5.97 Å². The van der Waals surface area contributed by atoms with Gasteiger partial charge < -0.3 is 21.1 Å². The van der Waals surface area contributed by atoms with Crippen LogP contribution >= 0.6 is 0 Å². The topological polar surface area (TPSA) is 104 Å². The lowest BCUT2D eigenvalue weighted by atomic mass is 9.76. The smallest absolute Gasteiger partial charge is 0.339 e. The second-order valence-electron chi connectivity index (χ2n) is 4.91. The summed E-state index contributed by atoms with van der Waals surface area (Å²) in [5.41, 5.74) is 5.76. The molecule has 1 aromatic rings. The molecular formula is C13H17NO4. The minimum absolute atomic E-state index is 0.137. The standard InChI is InChI=1S/C13H17NO4/c14-13(4-2-1-3-5-13)9-6-8(12(17)18)10(15)7-11(9)16/h6-7,15-16H,1-5,14H2,(H,17,18). The van der Waals surface area contributed by atoms with Gasteiger partial charge in [0.05, 0.1) is 0 Å². The highest BCUT2D eigenvalue weighted by Gasteiger charge is 2.33. The molecule has 1 aromatic carbocycles. The lowest BCUT2D eigenvalue weighted by Gasteiger charge is -2.34. The van der Waals surface area contributed by atoms with Crippen LogP contribution < -0.4 is 5.73 Å². The third-order valence-corrected chi connectivity index (χ3v) is 3.63. The summed E-state index contributed by atoms with van der Waals surface area (Å²) in [4.78, 5) is 11.0. The Kier molecular flexibility index (Phi) is 3.17. The number of benzene rings is 1. The number of aromatic hydroxyl groups is 2. The van der Waals surface area contributed by atoms with Crippen LogP contribution in [-0.4, -0.2) is 21.3 Å². The molecule has 5 N–H and O–H groups in total. The van der Waals surface area contributed by atoms with E-state index in [1.807, 2.05) is 0 Å². The number of phenols is 2. The summed E-state index contributed by atoms with van der Waals surface area (Å²) in [6.07, 6.45) is 4.44. The van der Waals surface area contributed by atoms with Gasteiger partial charge in [-0.15, -0.1) is 0 Å². The van der Waals surface area contributed by atoms with Crippen LogP contribution in [0, 0.1) is 0 Å². The van der Waals surface area contributed by atoms with Gasteiger partial charge in [-0.1, -0.05) is 19.3 Å². The van der Waals surface area contributed by atoms with Crippen molar-refractivity contribution in [1.82, 2.24) is 0 Å². The van der Waals surface area contributed by atoms with E-state index in [9.17, 15) is 15.0 Å². The quantitative estimate of drug-likeness (QED) is 0.642. The normalized spacial score (nSPS) is 18.5. The molecular weight excluding hydrogens is 234 g/mol. The van der Waals surface area contributed by atoms with Crippen LogP contribution in [0.5, 0.6) is 11.5 Å². The van der Waals surface area contributed by atoms with Crippen LogP contribution in [0.1, 0.15) is 48.0 Å². The Balaban J connectivity index is 2.49. The maximum absolute atomic E-state index is 11.0. The molecule has 5 nitrogen and oxygen atoms in total. The van der Waals surface area contributed by atoms with Gasteiger partial charge in [0.15, 0.2) is 0 Å². The van der Waals surface area contributed by atoms with Crippen molar-refractivity contribution in [3.8, 4) is 11.5 Å². The number of carbonyl (C=O) groups is 1. The molecule has 1 aliphatic carbocycles. The van der Waals surface area contributed by atoms with Crippen molar-refractivity contribution in [2.45, 2.75) is 37.6 Å². The molecule has 18 heavy (non-hydrogen) atoms. The van der Waals surface area contributed by atoms with Gasteiger partial charge in [0.1, 0.15) is 17.1 Å². The van der Waals surface area contributed by atoms with Gasteiger partial charge in [-0.05, 0) is 18.9 Å². The monoisotopic (exact) mass is 251 g/mol. The first-order valence-corrected chi connectivity index (χ1v) is 6.03. The Morgan fingerprint density at radius 1 is 1.11 bits per heavy atom. The second-order valence-corrected chi connectivity index (χ2v) is 4.91. The summed E-state index contributed by atoms with van der Waals surface area (Å²) >= 11 is 0. The minimum atomic E-state index is -1.23. The SMILES string of the molecule is NC1(c2cc(C(=O)O)c(O)cc2O)CCCCC1. The molecule has 1 fully saturated rings. The van der Waals surface area contributed by atoms with Crippen molar-refractivity contribution >= 4 is 5.97 Å². The Morgan fingerprint density at radius 3 is 2.28 bits per heavy atom. The molecule has 0 unspecified atom stereocenters. The van der Waals surface area contributed by atoms with E-state index in [1.54, 1.807) is 0 Å². The third-order valence-electron chi connectivity index (χ3n) is 3.63. The lowest BCUT2D eigenvalue weighted by molar-refractivity contribution is 0.0693. The van der Waals surface area contributed by atoms with E-state index in [1.165, 1.54) is 6.07 Å². The highest BCUT2D eigenvalue weighted by atomic mass is 16.4. The molecule has 0 aliphatic heterocycles. The van der Waals surface area contributed by atoms with E-state index < -0.39 is 17.3 Å². The number of carboxylic acids is 1. The lowest BCUT2D eigenvalue weighted by Crippen LogP contribution is -2.38. The molecule has 2 rings (SSSR count). The van der Waals surface area contributed by atoms with E-state index in [0.29, 0.717) is 18.4 Å². The zero-order valence-corrected chi connectivity index (χ0v) is 10.0. The summed E-state index contributed by atoms with van der Waals surface area (Å²) in [6, 6.07) is 2.35. The van der Waals surface area contributed by atoms with Gasteiger partial charge in [-0.3, -0.25) is 0 Å².